The molecular formula is C11H13F2N. The molecule has 1 aromatic rings. The largest absolute Gasteiger partial charge is 0.316 e. The van der Waals surface area contributed by atoms with Gasteiger partial charge in [0.15, 0.2) is 0 Å². The molecule has 1 nitrogen and oxygen atoms in total. The van der Waals surface area contributed by atoms with E-state index in [-0.39, 0.29) is 5.92 Å². The predicted octanol–water partition coefficient (Wildman–Crippen LogP) is 2.35. The van der Waals surface area contributed by atoms with Gasteiger partial charge in [0.2, 0.25) is 0 Å². The van der Waals surface area contributed by atoms with E-state index in [2.05, 4.69) is 5.32 Å². The van der Waals surface area contributed by atoms with Crippen LogP contribution in [-0.4, -0.2) is 13.1 Å². The monoisotopic (exact) mass is 197 g/mol. The lowest BCUT2D eigenvalue weighted by Crippen LogP contribution is -2.09. The van der Waals surface area contributed by atoms with Crippen molar-refractivity contribution >= 4 is 0 Å². The first kappa shape index (κ1) is 9.59. The van der Waals surface area contributed by atoms with Crippen LogP contribution in [0.15, 0.2) is 12.1 Å². The molecule has 0 aliphatic carbocycles. The van der Waals surface area contributed by atoms with Gasteiger partial charge in [0, 0.05) is 12.6 Å². The smallest absolute Gasteiger partial charge is 0.129 e. The highest BCUT2D eigenvalue weighted by Crippen LogP contribution is 2.27. The van der Waals surface area contributed by atoms with Gasteiger partial charge >= 0.3 is 0 Å². The second kappa shape index (κ2) is 3.65. The van der Waals surface area contributed by atoms with Crippen molar-refractivity contribution in [2.45, 2.75) is 19.3 Å². The van der Waals surface area contributed by atoms with Gasteiger partial charge in [0.1, 0.15) is 11.6 Å². The summed E-state index contributed by atoms with van der Waals surface area (Å²) in [6.07, 6.45) is 0.962. The van der Waals surface area contributed by atoms with E-state index in [0.29, 0.717) is 5.56 Å². The first-order chi connectivity index (χ1) is 6.68. The lowest BCUT2D eigenvalue weighted by atomic mass is 9.94. The molecule has 1 N–H and O–H groups in total. The summed E-state index contributed by atoms with van der Waals surface area (Å²) >= 11 is 0. The van der Waals surface area contributed by atoms with E-state index < -0.39 is 11.6 Å². The minimum absolute atomic E-state index is 0.264. The van der Waals surface area contributed by atoms with Crippen LogP contribution in [0.5, 0.6) is 0 Å². The second-order valence-electron chi connectivity index (χ2n) is 3.79. The van der Waals surface area contributed by atoms with Crippen molar-refractivity contribution in [3.8, 4) is 0 Å². The van der Waals surface area contributed by atoms with E-state index >= 15 is 0 Å². The van der Waals surface area contributed by atoms with Gasteiger partial charge in [0.05, 0.1) is 0 Å². The topological polar surface area (TPSA) is 12.0 Å². The van der Waals surface area contributed by atoms with Crippen molar-refractivity contribution in [3.05, 3.63) is 34.9 Å². The first-order valence-electron chi connectivity index (χ1n) is 4.84. The van der Waals surface area contributed by atoms with Crippen LogP contribution in [-0.2, 0) is 0 Å². The Bertz CT molecular complexity index is 343. The maximum absolute atomic E-state index is 13.2. The fourth-order valence-electron chi connectivity index (χ4n) is 2.01. The fraction of sp³-hybridized carbons (Fsp3) is 0.455. The summed E-state index contributed by atoms with van der Waals surface area (Å²) in [5.74, 6) is -0.651. The molecule has 2 rings (SSSR count). The Hall–Kier alpha value is -0.960. The predicted molar refractivity (Wildman–Crippen MR) is 51.3 cm³/mol. The quantitative estimate of drug-likeness (QED) is 0.728. The molecule has 0 radical (unpaired) electrons. The SMILES string of the molecule is Cc1c(F)cc(F)cc1C1CCNC1. The Morgan fingerprint density at radius 1 is 1.36 bits per heavy atom. The molecule has 1 aromatic carbocycles. The minimum atomic E-state index is -0.477. The van der Waals surface area contributed by atoms with Crippen molar-refractivity contribution in [2.75, 3.05) is 13.1 Å². The Kier molecular flexibility index (Phi) is 2.50. The number of nitrogens with one attached hydrogen (secondary N) is 1. The molecule has 1 atom stereocenters. The summed E-state index contributed by atoms with van der Waals surface area (Å²) in [6, 6.07) is 2.40. The number of hydrogen-bond donors (Lipinski definition) is 1. The van der Waals surface area contributed by atoms with E-state index in [1.165, 1.54) is 6.07 Å². The Morgan fingerprint density at radius 2 is 2.14 bits per heavy atom. The molecule has 1 saturated heterocycles. The summed E-state index contributed by atoms with van der Waals surface area (Å²) in [5.41, 5.74) is 1.40. The Labute approximate surface area is 82.1 Å². The molecule has 0 saturated carbocycles. The van der Waals surface area contributed by atoms with Gasteiger partial charge in [-0.25, -0.2) is 8.78 Å². The number of halogens is 2. The first-order valence-corrected chi connectivity index (χ1v) is 4.84. The van der Waals surface area contributed by atoms with Crippen molar-refractivity contribution in [1.29, 1.82) is 0 Å². The van der Waals surface area contributed by atoms with Gasteiger partial charge in [-0.15, -0.1) is 0 Å². The van der Waals surface area contributed by atoms with Gasteiger partial charge < -0.3 is 5.32 Å². The molecule has 76 valence electrons. The van der Waals surface area contributed by atoms with Gasteiger partial charge in [-0.1, -0.05) is 0 Å². The average molecular weight is 197 g/mol. The number of rotatable bonds is 1. The number of benzene rings is 1. The van der Waals surface area contributed by atoms with Crippen LogP contribution in [0.4, 0.5) is 8.78 Å². The molecule has 0 spiro atoms. The minimum Gasteiger partial charge on any atom is -0.316 e. The van der Waals surface area contributed by atoms with Gasteiger partial charge in [0.25, 0.3) is 0 Å². The summed E-state index contributed by atoms with van der Waals surface area (Å²) in [7, 11) is 0. The second-order valence-corrected chi connectivity index (χ2v) is 3.79. The fourth-order valence-corrected chi connectivity index (χ4v) is 2.01. The molecule has 14 heavy (non-hydrogen) atoms. The summed E-state index contributed by atoms with van der Waals surface area (Å²) in [5, 5.41) is 3.19. The summed E-state index contributed by atoms with van der Waals surface area (Å²) < 4.78 is 26.2. The van der Waals surface area contributed by atoms with Gasteiger partial charge in [-0.05, 0) is 43.0 Å². The van der Waals surface area contributed by atoms with E-state index in [1.54, 1.807) is 6.92 Å². The summed E-state index contributed by atoms with van der Waals surface area (Å²) in [6.45, 7) is 3.47. The molecule has 0 bridgehead atoms. The van der Waals surface area contributed by atoms with E-state index in [1.807, 2.05) is 0 Å². The highest BCUT2D eigenvalue weighted by atomic mass is 19.1. The maximum Gasteiger partial charge on any atom is 0.129 e. The molecular weight excluding hydrogens is 184 g/mol. The standard InChI is InChI=1S/C11H13F2N/c1-7-10(8-2-3-14-6-8)4-9(12)5-11(7)13/h4-5,8,14H,2-3,6H2,1H3. The lowest BCUT2D eigenvalue weighted by molar-refractivity contribution is 0.567. The molecule has 1 heterocycles. The van der Waals surface area contributed by atoms with Crippen LogP contribution in [0, 0.1) is 18.6 Å². The highest BCUT2D eigenvalue weighted by Gasteiger charge is 2.20. The third-order valence-corrected chi connectivity index (χ3v) is 2.85. The molecule has 1 aliphatic rings. The van der Waals surface area contributed by atoms with Crippen LogP contribution in [0.3, 0.4) is 0 Å². The molecule has 0 aromatic heterocycles. The average Bonchev–Trinajstić information content (AvgIpc) is 2.63. The zero-order chi connectivity index (χ0) is 10.1. The maximum atomic E-state index is 13.2. The Morgan fingerprint density at radius 3 is 2.79 bits per heavy atom. The summed E-state index contributed by atoms with van der Waals surface area (Å²) in [4.78, 5) is 0. The van der Waals surface area contributed by atoms with Crippen molar-refractivity contribution in [1.82, 2.24) is 5.32 Å². The zero-order valence-electron chi connectivity index (χ0n) is 8.11. The molecule has 1 fully saturated rings. The van der Waals surface area contributed by atoms with E-state index in [9.17, 15) is 8.78 Å². The van der Waals surface area contributed by atoms with Crippen LogP contribution in [0.2, 0.25) is 0 Å². The zero-order valence-corrected chi connectivity index (χ0v) is 8.11. The third-order valence-electron chi connectivity index (χ3n) is 2.85. The normalized spacial score (nSPS) is 21.5. The Balaban J connectivity index is 2.40. The van der Waals surface area contributed by atoms with Gasteiger partial charge in [-0.3, -0.25) is 0 Å². The van der Waals surface area contributed by atoms with Gasteiger partial charge in [-0.2, -0.15) is 0 Å². The van der Waals surface area contributed by atoms with E-state index in [4.69, 9.17) is 0 Å². The third kappa shape index (κ3) is 1.64. The van der Waals surface area contributed by atoms with Crippen LogP contribution in [0.25, 0.3) is 0 Å². The van der Waals surface area contributed by atoms with Crippen LogP contribution in [0.1, 0.15) is 23.5 Å². The van der Waals surface area contributed by atoms with E-state index in [0.717, 1.165) is 31.1 Å². The molecule has 1 unspecified atom stereocenters. The number of hydrogen-bond acceptors (Lipinski definition) is 1. The van der Waals surface area contributed by atoms with Crippen LogP contribution < -0.4 is 5.32 Å². The highest BCUT2D eigenvalue weighted by molar-refractivity contribution is 5.32. The molecule has 1 aliphatic heterocycles. The molecule has 0 amide bonds. The molecule has 3 heteroatoms. The van der Waals surface area contributed by atoms with Crippen molar-refractivity contribution in [2.24, 2.45) is 0 Å². The van der Waals surface area contributed by atoms with Crippen molar-refractivity contribution < 1.29 is 8.78 Å². The van der Waals surface area contributed by atoms with Crippen LogP contribution >= 0.6 is 0 Å². The van der Waals surface area contributed by atoms with Crippen molar-refractivity contribution in [3.63, 3.8) is 0 Å². The lowest BCUT2D eigenvalue weighted by Gasteiger charge is -2.12.